The fourth-order valence-corrected chi connectivity index (χ4v) is 3.23. The molecule has 21 heavy (non-hydrogen) atoms. The molecule has 1 saturated heterocycles. The number of primary sulfonamides is 1. The number of benzene rings is 1. The number of para-hydroxylation sites is 1. The van der Waals surface area contributed by atoms with Gasteiger partial charge in [0, 0.05) is 6.42 Å². The third-order valence-corrected chi connectivity index (χ3v) is 4.62. The molecule has 7 heteroatoms. The van der Waals surface area contributed by atoms with Crippen LogP contribution in [0.15, 0.2) is 29.2 Å². The van der Waals surface area contributed by atoms with Crippen molar-refractivity contribution in [2.24, 2.45) is 11.1 Å². The van der Waals surface area contributed by atoms with E-state index in [9.17, 15) is 13.2 Å². The molecular weight excluding hydrogens is 290 g/mol. The molecule has 0 saturated carbocycles. The van der Waals surface area contributed by atoms with Crippen LogP contribution in [0, 0.1) is 5.92 Å². The average molecular weight is 311 g/mol. The van der Waals surface area contributed by atoms with Gasteiger partial charge in [-0.1, -0.05) is 12.1 Å². The van der Waals surface area contributed by atoms with Crippen LogP contribution in [0.4, 0.5) is 5.69 Å². The fraction of sp³-hybridized carbons (Fsp3) is 0.500. The van der Waals surface area contributed by atoms with Crippen molar-refractivity contribution in [3.8, 4) is 0 Å². The van der Waals surface area contributed by atoms with Crippen molar-refractivity contribution in [3.05, 3.63) is 24.3 Å². The van der Waals surface area contributed by atoms with Crippen LogP contribution in [-0.4, -0.2) is 27.4 Å². The van der Waals surface area contributed by atoms with Crippen LogP contribution in [0.5, 0.6) is 0 Å². The summed E-state index contributed by atoms with van der Waals surface area (Å²) in [4.78, 5) is 11.9. The molecular formula is C14H21N3O3S. The Morgan fingerprint density at radius 2 is 2.14 bits per heavy atom. The number of sulfonamides is 1. The largest absolute Gasteiger partial charge is 0.325 e. The van der Waals surface area contributed by atoms with Gasteiger partial charge in [-0.05, 0) is 50.4 Å². The van der Waals surface area contributed by atoms with Gasteiger partial charge >= 0.3 is 0 Å². The molecule has 0 spiro atoms. The predicted octanol–water partition coefficient (Wildman–Crippen LogP) is 1.05. The lowest BCUT2D eigenvalue weighted by molar-refractivity contribution is -0.116. The first-order valence-electron chi connectivity index (χ1n) is 7.09. The van der Waals surface area contributed by atoms with E-state index in [0.717, 1.165) is 32.4 Å². The van der Waals surface area contributed by atoms with Crippen molar-refractivity contribution in [3.63, 3.8) is 0 Å². The summed E-state index contributed by atoms with van der Waals surface area (Å²) < 4.78 is 22.9. The van der Waals surface area contributed by atoms with Crippen LogP contribution in [0.3, 0.4) is 0 Å². The summed E-state index contributed by atoms with van der Waals surface area (Å²) in [7, 11) is -3.84. The summed E-state index contributed by atoms with van der Waals surface area (Å²) in [5, 5.41) is 11.1. The van der Waals surface area contributed by atoms with Gasteiger partial charge in [0.2, 0.25) is 15.9 Å². The van der Waals surface area contributed by atoms with Crippen LogP contribution < -0.4 is 15.8 Å². The van der Waals surface area contributed by atoms with Gasteiger partial charge in [-0.2, -0.15) is 0 Å². The second kappa shape index (κ2) is 7.02. The Morgan fingerprint density at radius 1 is 1.38 bits per heavy atom. The maximum Gasteiger partial charge on any atom is 0.240 e. The van der Waals surface area contributed by atoms with Crippen molar-refractivity contribution < 1.29 is 13.2 Å². The fourth-order valence-electron chi connectivity index (χ4n) is 2.54. The number of amides is 1. The van der Waals surface area contributed by atoms with Gasteiger partial charge < -0.3 is 10.6 Å². The molecule has 6 nitrogen and oxygen atoms in total. The first kappa shape index (κ1) is 15.9. The lowest BCUT2D eigenvalue weighted by Crippen LogP contribution is -2.30. The van der Waals surface area contributed by atoms with Gasteiger partial charge in [-0.3, -0.25) is 4.79 Å². The summed E-state index contributed by atoms with van der Waals surface area (Å²) in [6.45, 7) is 1.99. The first-order chi connectivity index (χ1) is 9.97. The average Bonchev–Trinajstić information content (AvgIpc) is 2.46. The molecule has 1 aromatic rings. The number of anilines is 1. The highest BCUT2D eigenvalue weighted by molar-refractivity contribution is 7.89. The highest BCUT2D eigenvalue weighted by atomic mass is 32.2. The lowest BCUT2D eigenvalue weighted by Gasteiger charge is -2.22. The van der Waals surface area contributed by atoms with Crippen LogP contribution in [0.25, 0.3) is 0 Å². The number of hydrogen-bond acceptors (Lipinski definition) is 4. The zero-order chi connectivity index (χ0) is 15.3. The molecule has 4 N–H and O–H groups in total. The second-order valence-corrected chi connectivity index (χ2v) is 6.87. The van der Waals surface area contributed by atoms with Crippen LogP contribution in [0.2, 0.25) is 0 Å². The Kier molecular flexibility index (Phi) is 5.33. The Labute approximate surface area is 125 Å². The van der Waals surface area contributed by atoms with E-state index in [1.54, 1.807) is 18.2 Å². The van der Waals surface area contributed by atoms with Gasteiger partial charge in [-0.25, -0.2) is 13.6 Å². The number of carbonyl (C=O) groups excluding carboxylic acids is 1. The Hall–Kier alpha value is -1.44. The van der Waals surface area contributed by atoms with E-state index in [4.69, 9.17) is 5.14 Å². The van der Waals surface area contributed by atoms with Gasteiger partial charge in [0.25, 0.3) is 0 Å². The molecule has 1 fully saturated rings. The molecule has 0 radical (unpaired) electrons. The molecule has 1 atom stereocenters. The number of nitrogens with one attached hydrogen (secondary N) is 2. The van der Waals surface area contributed by atoms with Crippen LogP contribution >= 0.6 is 0 Å². The minimum absolute atomic E-state index is 0.0577. The number of rotatable bonds is 5. The molecule has 0 aromatic heterocycles. The molecule has 116 valence electrons. The van der Waals surface area contributed by atoms with E-state index >= 15 is 0 Å². The summed E-state index contributed by atoms with van der Waals surface area (Å²) in [6, 6.07) is 6.16. The Balaban J connectivity index is 1.93. The van der Waals surface area contributed by atoms with Crippen LogP contribution in [-0.2, 0) is 14.8 Å². The van der Waals surface area contributed by atoms with E-state index in [-0.39, 0.29) is 16.5 Å². The van der Waals surface area contributed by atoms with E-state index in [2.05, 4.69) is 10.6 Å². The topological polar surface area (TPSA) is 101 Å². The highest BCUT2D eigenvalue weighted by Crippen LogP contribution is 2.21. The molecule has 1 aliphatic heterocycles. The van der Waals surface area contributed by atoms with Gasteiger partial charge in [0.1, 0.15) is 4.90 Å². The minimum Gasteiger partial charge on any atom is -0.325 e. The predicted molar refractivity (Wildman–Crippen MR) is 81.3 cm³/mol. The van der Waals surface area contributed by atoms with E-state index < -0.39 is 10.0 Å². The molecule has 1 unspecified atom stereocenters. The molecule has 1 aromatic carbocycles. The van der Waals surface area contributed by atoms with Gasteiger partial charge in [-0.15, -0.1) is 0 Å². The maximum absolute atomic E-state index is 12.0. The summed E-state index contributed by atoms with van der Waals surface area (Å²) in [5.41, 5.74) is 0.242. The zero-order valence-corrected chi connectivity index (χ0v) is 12.7. The van der Waals surface area contributed by atoms with Crippen molar-refractivity contribution in [2.45, 2.75) is 30.6 Å². The third kappa shape index (κ3) is 4.80. The standard InChI is InChI=1S/C14H21N3O3S/c15-21(19,20)13-6-2-1-5-12(13)17-14(18)8-7-11-4-3-9-16-10-11/h1-2,5-6,11,16H,3-4,7-10H2,(H,17,18)(H2,15,19,20). The smallest absolute Gasteiger partial charge is 0.240 e. The van der Waals surface area contributed by atoms with E-state index in [0.29, 0.717) is 12.3 Å². The summed E-state index contributed by atoms with van der Waals surface area (Å²) >= 11 is 0. The van der Waals surface area contributed by atoms with E-state index in [1.807, 2.05) is 0 Å². The number of nitrogens with two attached hydrogens (primary N) is 1. The Morgan fingerprint density at radius 3 is 2.81 bits per heavy atom. The maximum atomic E-state index is 12.0. The molecule has 1 amide bonds. The van der Waals surface area contributed by atoms with Crippen molar-refractivity contribution in [2.75, 3.05) is 18.4 Å². The molecule has 0 aliphatic carbocycles. The Bertz CT molecular complexity index is 595. The number of carbonyl (C=O) groups is 1. The molecule has 0 bridgehead atoms. The normalized spacial score (nSPS) is 19.2. The van der Waals surface area contributed by atoms with Crippen molar-refractivity contribution >= 4 is 21.6 Å². The van der Waals surface area contributed by atoms with Crippen LogP contribution in [0.1, 0.15) is 25.7 Å². The minimum atomic E-state index is -3.84. The van der Waals surface area contributed by atoms with Crippen molar-refractivity contribution in [1.29, 1.82) is 0 Å². The highest BCUT2D eigenvalue weighted by Gasteiger charge is 2.17. The lowest BCUT2D eigenvalue weighted by atomic mass is 9.94. The van der Waals surface area contributed by atoms with Gasteiger partial charge in [0.15, 0.2) is 0 Å². The second-order valence-electron chi connectivity index (χ2n) is 5.34. The monoisotopic (exact) mass is 311 g/mol. The number of piperidine rings is 1. The summed E-state index contributed by atoms with van der Waals surface area (Å²) in [6.07, 6.45) is 3.45. The van der Waals surface area contributed by atoms with Gasteiger partial charge in [0.05, 0.1) is 5.69 Å². The SMILES string of the molecule is NS(=O)(=O)c1ccccc1NC(=O)CCC1CCCNC1. The first-order valence-corrected chi connectivity index (χ1v) is 8.64. The van der Waals surface area contributed by atoms with E-state index in [1.165, 1.54) is 6.07 Å². The third-order valence-electron chi connectivity index (χ3n) is 3.65. The zero-order valence-electron chi connectivity index (χ0n) is 11.8. The molecule has 1 heterocycles. The molecule has 1 aliphatic rings. The summed E-state index contributed by atoms with van der Waals surface area (Å²) in [5.74, 6) is 0.328. The molecule has 2 rings (SSSR count). The van der Waals surface area contributed by atoms with Crippen molar-refractivity contribution in [1.82, 2.24) is 5.32 Å². The number of hydrogen-bond donors (Lipinski definition) is 3. The quantitative estimate of drug-likeness (QED) is 0.756.